The van der Waals surface area contributed by atoms with Gasteiger partial charge in [-0.3, -0.25) is 0 Å². The molecule has 27 heavy (non-hydrogen) atoms. The zero-order valence-corrected chi connectivity index (χ0v) is 15.9. The van der Waals surface area contributed by atoms with Crippen LogP contribution in [0, 0.1) is 0 Å². The van der Waals surface area contributed by atoms with Crippen LogP contribution in [0.25, 0.3) is 10.9 Å². The van der Waals surface area contributed by atoms with Gasteiger partial charge in [0.2, 0.25) is 0 Å². The maximum absolute atomic E-state index is 6.18. The van der Waals surface area contributed by atoms with Crippen LogP contribution >= 0.6 is 0 Å². The summed E-state index contributed by atoms with van der Waals surface area (Å²) >= 11 is 0. The summed E-state index contributed by atoms with van der Waals surface area (Å²) in [5, 5.41) is 4.99. The van der Waals surface area contributed by atoms with Crippen molar-refractivity contribution >= 4 is 10.9 Å². The molecule has 0 saturated carbocycles. The molecule has 1 aromatic heterocycles. The van der Waals surface area contributed by atoms with Crippen LogP contribution in [0.5, 0.6) is 5.75 Å². The SMILES string of the molecule is c1ccc2c3c([nH]c2c1)CCNCC3CCOc1ccc2c(c1)CCCC2. The second-order valence-corrected chi connectivity index (χ2v) is 7.99. The van der Waals surface area contributed by atoms with E-state index in [4.69, 9.17) is 4.74 Å². The standard InChI is InChI=1S/C24H28N2O/c1-2-6-18-15-20(10-9-17(18)5-1)27-14-12-19-16-25-13-11-23-24(19)21-7-3-4-8-22(21)26-23/h3-4,7-10,15,19,25-26H,1-2,5-6,11-14,16H2. The van der Waals surface area contributed by atoms with Crippen molar-refractivity contribution in [3.8, 4) is 5.75 Å². The van der Waals surface area contributed by atoms with Crippen molar-refractivity contribution in [1.29, 1.82) is 0 Å². The molecule has 0 spiro atoms. The maximum atomic E-state index is 6.18. The Morgan fingerprint density at radius 2 is 1.85 bits per heavy atom. The predicted octanol–water partition coefficient (Wildman–Crippen LogP) is 4.75. The molecule has 0 radical (unpaired) electrons. The van der Waals surface area contributed by atoms with Crippen molar-refractivity contribution in [2.45, 2.75) is 44.4 Å². The molecule has 1 atom stereocenters. The number of para-hydroxylation sites is 1. The number of H-pyrrole nitrogens is 1. The fraction of sp³-hybridized carbons (Fsp3) is 0.417. The van der Waals surface area contributed by atoms with Crippen LogP contribution in [0.3, 0.4) is 0 Å². The van der Waals surface area contributed by atoms with Gasteiger partial charge in [0, 0.05) is 42.0 Å². The lowest BCUT2D eigenvalue weighted by atomic mass is 9.91. The average molecular weight is 361 g/mol. The summed E-state index contributed by atoms with van der Waals surface area (Å²) in [5.74, 6) is 1.53. The van der Waals surface area contributed by atoms with Crippen molar-refractivity contribution in [2.75, 3.05) is 19.7 Å². The van der Waals surface area contributed by atoms with Gasteiger partial charge in [0.1, 0.15) is 5.75 Å². The topological polar surface area (TPSA) is 37.0 Å². The summed E-state index contributed by atoms with van der Waals surface area (Å²) in [6, 6.07) is 15.4. The lowest BCUT2D eigenvalue weighted by molar-refractivity contribution is 0.296. The zero-order chi connectivity index (χ0) is 18.1. The summed E-state index contributed by atoms with van der Waals surface area (Å²) < 4.78 is 6.18. The number of hydrogen-bond donors (Lipinski definition) is 2. The van der Waals surface area contributed by atoms with E-state index in [0.717, 1.165) is 38.3 Å². The molecular formula is C24H28N2O. The van der Waals surface area contributed by atoms with Gasteiger partial charge in [-0.25, -0.2) is 0 Å². The molecule has 0 amide bonds. The van der Waals surface area contributed by atoms with Crippen LogP contribution in [-0.2, 0) is 19.3 Å². The van der Waals surface area contributed by atoms with Gasteiger partial charge < -0.3 is 15.0 Å². The Kier molecular flexibility index (Phi) is 4.62. The number of ether oxygens (including phenoxy) is 1. The number of hydrogen-bond acceptors (Lipinski definition) is 2. The Balaban J connectivity index is 1.31. The van der Waals surface area contributed by atoms with Crippen LogP contribution < -0.4 is 10.1 Å². The Bertz CT molecular complexity index is 943. The average Bonchev–Trinajstić information content (AvgIpc) is 2.96. The van der Waals surface area contributed by atoms with E-state index in [1.54, 1.807) is 0 Å². The van der Waals surface area contributed by atoms with Gasteiger partial charge >= 0.3 is 0 Å². The molecule has 1 unspecified atom stereocenters. The summed E-state index contributed by atoms with van der Waals surface area (Å²) in [7, 11) is 0. The molecule has 2 aliphatic rings. The highest BCUT2D eigenvalue weighted by molar-refractivity contribution is 5.85. The van der Waals surface area contributed by atoms with Crippen molar-refractivity contribution in [3.05, 3.63) is 64.8 Å². The quantitative estimate of drug-likeness (QED) is 0.705. The Morgan fingerprint density at radius 3 is 2.81 bits per heavy atom. The minimum Gasteiger partial charge on any atom is -0.494 e. The van der Waals surface area contributed by atoms with Crippen molar-refractivity contribution in [1.82, 2.24) is 10.3 Å². The monoisotopic (exact) mass is 360 g/mol. The van der Waals surface area contributed by atoms with Crippen LogP contribution in [0.2, 0.25) is 0 Å². The second-order valence-electron chi connectivity index (χ2n) is 7.99. The number of benzene rings is 2. The molecule has 2 heterocycles. The number of aromatic nitrogens is 1. The first kappa shape index (κ1) is 16.9. The molecule has 0 fully saturated rings. The molecule has 0 saturated heterocycles. The number of aromatic amines is 1. The zero-order valence-electron chi connectivity index (χ0n) is 15.9. The molecule has 3 aromatic rings. The number of rotatable bonds is 4. The van der Waals surface area contributed by atoms with Gasteiger partial charge in [-0.15, -0.1) is 0 Å². The Labute approximate surface area is 161 Å². The van der Waals surface area contributed by atoms with E-state index in [9.17, 15) is 0 Å². The van der Waals surface area contributed by atoms with Crippen LogP contribution in [0.4, 0.5) is 0 Å². The number of aryl methyl sites for hydroxylation is 2. The fourth-order valence-electron chi connectivity index (χ4n) is 4.84. The third-order valence-electron chi connectivity index (χ3n) is 6.23. The smallest absolute Gasteiger partial charge is 0.119 e. The minimum absolute atomic E-state index is 0.497. The summed E-state index contributed by atoms with van der Waals surface area (Å²) in [6.07, 6.45) is 7.19. The van der Waals surface area contributed by atoms with E-state index in [1.165, 1.54) is 59.0 Å². The molecule has 1 aliphatic carbocycles. The van der Waals surface area contributed by atoms with Crippen LogP contribution in [-0.4, -0.2) is 24.7 Å². The molecule has 140 valence electrons. The van der Waals surface area contributed by atoms with Gasteiger partial charge in [-0.05, 0) is 67.0 Å². The molecule has 0 bridgehead atoms. The van der Waals surface area contributed by atoms with Gasteiger partial charge in [-0.1, -0.05) is 24.3 Å². The van der Waals surface area contributed by atoms with E-state index >= 15 is 0 Å². The third kappa shape index (κ3) is 3.37. The predicted molar refractivity (Wildman–Crippen MR) is 111 cm³/mol. The number of nitrogens with one attached hydrogen (secondary N) is 2. The van der Waals surface area contributed by atoms with Gasteiger partial charge in [0.05, 0.1) is 6.61 Å². The molecule has 3 heteroatoms. The summed E-state index contributed by atoms with van der Waals surface area (Å²) in [5.41, 5.74) is 7.19. The summed E-state index contributed by atoms with van der Waals surface area (Å²) in [6.45, 7) is 2.84. The Morgan fingerprint density at radius 1 is 0.963 bits per heavy atom. The molecule has 2 aromatic carbocycles. The van der Waals surface area contributed by atoms with E-state index in [2.05, 4.69) is 52.8 Å². The van der Waals surface area contributed by atoms with E-state index in [0.29, 0.717) is 5.92 Å². The highest BCUT2D eigenvalue weighted by atomic mass is 16.5. The normalized spacial score (nSPS) is 19.3. The molecule has 3 nitrogen and oxygen atoms in total. The molecule has 5 rings (SSSR count). The lowest BCUT2D eigenvalue weighted by Gasteiger charge is -2.19. The lowest BCUT2D eigenvalue weighted by Crippen LogP contribution is -2.21. The first-order valence-electron chi connectivity index (χ1n) is 10.4. The van der Waals surface area contributed by atoms with E-state index in [-0.39, 0.29) is 0 Å². The minimum atomic E-state index is 0.497. The van der Waals surface area contributed by atoms with Gasteiger partial charge in [-0.2, -0.15) is 0 Å². The first-order chi connectivity index (χ1) is 13.4. The fourth-order valence-corrected chi connectivity index (χ4v) is 4.84. The van der Waals surface area contributed by atoms with Gasteiger partial charge in [0.25, 0.3) is 0 Å². The van der Waals surface area contributed by atoms with Crippen molar-refractivity contribution in [3.63, 3.8) is 0 Å². The largest absolute Gasteiger partial charge is 0.494 e. The number of fused-ring (bicyclic) bond motifs is 4. The first-order valence-corrected chi connectivity index (χ1v) is 10.4. The second kappa shape index (κ2) is 7.40. The van der Waals surface area contributed by atoms with Crippen LogP contribution in [0.1, 0.15) is 47.6 Å². The molecule has 2 N–H and O–H groups in total. The van der Waals surface area contributed by atoms with Gasteiger partial charge in [0.15, 0.2) is 0 Å². The van der Waals surface area contributed by atoms with Crippen molar-refractivity contribution < 1.29 is 4.74 Å². The maximum Gasteiger partial charge on any atom is 0.119 e. The highest BCUT2D eigenvalue weighted by Crippen LogP contribution is 2.33. The third-order valence-corrected chi connectivity index (χ3v) is 6.23. The molecule has 1 aliphatic heterocycles. The Hall–Kier alpha value is -2.26. The van der Waals surface area contributed by atoms with Crippen LogP contribution in [0.15, 0.2) is 42.5 Å². The van der Waals surface area contributed by atoms with E-state index < -0.39 is 0 Å². The van der Waals surface area contributed by atoms with Crippen molar-refractivity contribution in [2.24, 2.45) is 0 Å². The van der Waals surface area contributed by atoms with E-state index in [1.807, 2.05) is 0 Å². The summed E-state index contributed by atoms with van der Waals surface area (Å²) in [4.78, 5) is 3.65. The molecular weight excluding hydrogens is 332 g/mol. The highest BCUT2D eigenvalue weighted by Gasteiger charge is 2.23.